The fourth-order valence-corrected chi connectivity index (χ4v) is 1.17. The van der Waals surface area contributed by atoms with Crippen LogP contribution in [0.2, 0.25) is 0 Å². The van der Waals surface area contributed by atoms with Crippen LogP contribution in [0.3, 0.4) is 0 Å². The van der Waals surface area contributed by atoms with Crippen molar-refractivity contribution in [2.24, 2.45) is 0 Å². The van der Waals surface area contributed by atoms with Gasteiger partial charge in [0.25, 0.3) is 0 Å². The molecule has 0 aliphatic carbocycles. The molecule has 0 aliphatic rings. The predicted octanol–water partition coefficient (Wildman–Crippen LogP) is 1.58. The Morgan fingerprint density at radius 3 is 2.56 bits per heavy atom. The monoisotopic (exact) mass is 231 g/mol. The molecule has 0 amide bonds. The van der Waals surface area contributed by atoms with Crippen LogP contribution in [0.25, 0.3) is 0 Å². The summed E-state index contributed by atoms with van der Waals surface area (Å²) >= 11 is 0. The zero-order valence-electron chi connectivity index (χ0n) is 9.22. The average molecular weight is 231 g/mol. The van der Waals surface area contributed by atoms with E-state index < -0.39 is 17.7 Å². The summed E-state index contributed by atoms with van der Waals surface area (Å²) in [5.41, 5.74) is 0. The van der Waals surface area contributed by atoms with Crippen molar-refractivity contribution in [2.45, 2.75) is 19.4 Å². The first-order valence-electron chi connectivity index (χ1n) is 5.00. The van der Waals surface area contributed by atoms with E-state index in [4.69, 9.17) is 5.11 Å². The highest BCUT2D eigenvalue weighted by Crippen LogP contribution is 2.18. The number of nitrogens with one attached hydrogen (secondary N) is 2. The molecule has 1 aromatic rings. The number of hydrogen-bond donors (Lipinski definition) is 3. The molecule has 1 atom stereocenters. The highest BCUT2D eigenvalue weighted by molar-refractivity contribution is 5.47. The molecule has 4 nitrogen and oxygen atoms in total. The second-order valence-corrected chi connectivity index (χ2v) is 3.46. The maximum atomic E-state index is 13.2. The quantitative estimate of drug-likeness (QED) is 0.720. The van der Waals surface area contributed by atoms with Crippen LogP contribution < -0.4 is 10.6 Å². The average Bonchev–Trinajstić information content (AvgIpc) is 2.20. The van der Waals surface area contributed by atoms with Gasteiger partial charge < -0.3 is 15.7 Å². The molecule has 3 N–H and O–H groups in total. The molecule has 0 saturated heterocycles. The molecule has 0 aromatic carbocycles. The Labute approximate surface area is 92.7 Å². The number of aliphatic hydroxyl groups is 1. The smallest absolute Gasteiger partial charge is 0.168 e. The van der Waals surface area contributed by atoms with Gasteiger partial charge in [0.1, 0.15) is 0 Å². The standard InChI is InChI=1S/C10H15F2N3O/c1-6(16)3-4-14-10-8(12)5-7(11)9(13-2)15-10/h5-6,16H,3-4H2,1-2H3,(H2,13,14,15). The molecule has 1 unspecified atom stereocenters. The summed E-state index contributed by atoms with van der Waals surface area (Å²) in [5, 5.41) is 14.2. The van der Waals surface area contributed by atoms with E-state index in [1.807, 2.05) is 0 Å². The van der Waals surface area contributed by atoms with Crippen LogP contribution in [0.4, 0.5) is 20.4 Å². The van der Waals surface area contributed by atoms with E-state index in [0.717, 1.165) is 6.07 Å². The molecule has 0 aliphatic heterocycles. The van der Waals surface area contributed by atoms with Crippen molar-refractivity contribution in [3.8, 4) is 0 Å². The van der Waals surface area contributed by atoms with Gasteiger partial charge in [0, 0.05) is 19.7 Å². The third-order valence-electron chi connectivity index (χ3n) is 2.02. The molecular weight excluding hydrogens is 216 g/mol. The van der Waals surface area contributed by atoms with Crippen molar-refractivity contribution in [1.29, 1.82) is 0 Å². The lowest BCUT2D eigenvalue weighted by molar-refractivity contribution is 0.188. The van der Waals surface area contributed by atoms with Gasteiger partial charge in [-0.15, -0.1) is 0 Å². The Morgan fingerprint density at radius 1 is 1.38 bits per heavy atom. The van der Waals surface area contributed by atoms with E-state index in [9.17, 15) is 8.78 Å². The number of pyridine rings is 1. The summed E-state index contributed by atoms with van der Waals surface area (Å²) in [6, 6.07) is 0.767. The normalized spacial score (nSPS) is 12.3. The lowest BCUT2D eigenvalue weighted by atomic mass is 10.3. The Kier molecular flexibility index (Phi) is 4.42. The molecule has 16 heavy (non-hydrogen) atoms. The maximum absolute atomic E-state index is 13.2. The molecule has 0 saturated carbocycles. The first kappa shape index (κ1) is 12.6. The molecule has 90 valence electrons. The second kappa shape index (κ2) is 5.60. The van der Waals surface area contributed by atoms with Crippen LogP contribution in [0.1, 0.15) is 13.3 Å². The maximum Gasteiger partial charge on any atom is 0.168 e. The SMILES string of the molecule is CNc1nc(NCCC(C)O)c(F)cc1F. The molecule has 1 aromatic heterocycles. The summed E-state index contributed by atoms with van der Waals surface area (Å²) in [4.78, 5) is 3.73. The Morgan fingerprint density at radius 2 is 2.00 bits per heavy atom. The van der Waals surface area contributed by atoms with E-state index in [1.165, 1.54) is 7.05 Å². The number of hydrogen-bond acceptors (Lipinski definition) is 4. The summed E-state index contributed by atoms with van der Waals surface area (Å²) < 4.78 is 26.3. The van der Waals surface area contributed by atoms with Crippen LogP contribution in [-0.2, 0) is 0 Å². The third-order valence-corrected chi connectivity index (χ3v) is 2.02. The Hall–Kier alpha value is -1.43. The zero-order valence-corrected chi connectivity index (χ0v) is 9.22. The van der Waals surface area contributed by atoms with Crippen LogP contribution in [-0.4, -0.2) is 29.8 Å². The predicted molar refractivity (Wildman–Crippen MR) is 58.5 cm³/mol. The minimum Gasteiger partial charge on any atom is -0.393 e. The fraction of sp³-hybridized carbons (Fsp3) is 0.500. The molecular formula is C10H15F2N3O. The first-order valence-corrected chi connectivity index (χ1v) is 5.00. The van der Waals surface area contributed by atoms with Gasteiger partial charge in [-0.1, -0.05) is 0 Å². The molecule has 0 fully saturated rings. The van der Waals surface area contributed by atoms with Crippen molar-refractivity contribution in [2.75, 3.05) is 24.2 Å². The molecule has 6 heteroatoms. The van der Waals surface area contributed by atoms with Gasteiger partial charge in [0.05, 0.1) is 6.10 Å². The highest BCUT2D eigenvalue weighted by Gasteiger charge is 2.10. The second-order valence-electron chi connectivity index (χ2n) is 3.46. The third kappa shape index (κ3) is 3.30. The summed E-state index contributed by atoms with van der Waals surface area (Å²) in [6.45, 7) is 2.01. The Bertz CT molecular complexity index is 358. The molecule has 1 rings (SSSR count). The number of aliphatic hydroxyl groups excluding tert-OH is 1. The minimum absolute atomic E-state index is 0.0130. The number of aromatic nitrogens is 1. The van der Waals surface area contributed by atoms with Crippen molar-refractivity contribution in [1.82, 2.24) is 4.98 Å². The topological polar surface area (TPSA) is 57.2 Å². The van der Waals surface area contributed by atoms with Crippen LogP contribution in [0.5, 0.6) is 0 Å². The van der Waals surface area contributed by atoms with Gasteiger partial charge in [-0.25, -0.2) is 13.8 Å². The van der Waals surface area contributed by atoms with Crippen molar-refractivity contribution in [3.63, 3.8) is 0 Å². The van der Waals surface area contributed by atoms with Gasteiger partial charge >= 0.3 is 0 Å². The first-order chi connectivity index (χ1) is 7.54. The molecule has 0 bridgehead atoms. The number of nitrogens with zero attached hydrogens (tertiary/aromatic N) is 1. The van der Waals surface area contributed by atoms with E-state index >= 15 is 0 Å². The van der Waals surface area contributed by atoms with E-state index in [0.29, 0.717) is 13.0 Å². The van der Waals surface area contributed by atoms with Gasteiger partial charge in [0.2, 0.25) is 0 Å². The summed E-state index contributed by atoms with van der Waals surface area (Å²) in [7, 11) is 1.50. The summed E-state index contributed by atoms with van der Waals surface area (Å²) in [6.07, 6.45) is -0.00677. The summed E-state index contributed by atoms with van der Waals surface area (Å²) in [5.74, 6) is -1.52. The fourth-order valence-electron chi connectivity index (χ4n) is 1.17. The van der Waals surface area contributed by atoms with Gasteiger partial charge in [-0.3, -0.25) is 0 Å². The van der Waals surface area contributed by atoms with Crippen LogP contribution in [0, 0.1) is 11.6 Å². The van der Waals surface area contributed by atoms with Crippen molar-refractivity contribution >= 4 is 11.6 Å². The van der Waals surface area contributed by atoms with Gasteiger partial charge in [0.15, 0.2) is 23.3 Å². The van der Waals surface area contributed by atoms with Crippen molar-refractivity contribution in [3.05, 3.63) is 17.7 Å². The zero-order chi connectivity index (χ0) is 12.1. The Balaban J connectivity index is 2.72. The van der Waals surface area contributed by atoms with Crippen LogP contribution in [0.15, 0.2) is 6.07 Å². The van der Waals surface area contributed by atoms with Gasteiger partial charge in [-0.2, -0.15) is 0 Å². The molecule has 0 radical (unpaired) electrons. The van der Waals surface area contributed by atoms with E-state index in [2.05, 4.69) is 15.6 Å². The van der Waals surface area contributed by atoms with E-state index in [1.54, 1.807) is 6.92 Å². The van der Waals surface area contributed by atoms with Crippen LogP contribution >= 0.6 is 0 Å². The largest absolute Gasteiger partial charge is 0.393 e. The lowest BCUT2D eigenvalue weighted by Gasteiger charge is -2.10. The number of anilines is 2. The van der Waals surface area contributed by atoms with E-state index in [-0.39, 0.29) is 11.6 Å². The minimum atomic E-state index is -0.748. The lowest BCUT2D eigenvalue weighted by Crippen LogP contribution is -2.12. The molecule has 1 heterocycles. The van der Waals surface area contributed by atoms with Gasteiger partial charge in [-0.05, 0) is 13.3 Å². The highest BCUT2D eigenvalue weighted by atomic mass is 19.1. The molecule has 0 spiro atoms. The number of halogens is 2. The number of rotatable bonds is 5. The van der Waals surface area contributed by atoms with Crippen molar-refractivity contribution < 1.29 is 13.9 Å².